The van der Waals surface area contributed by atoms with Crippen molar-refractivity contribution in [3.8, 4) is 11.5 Å². The van der Waals surface area contributed by atoms with Gasteiger partial charge in [0.25, 0.3) is 0 Å². The summed E-state index contributed by atoms with van der Waals surface area (Å²) >= 11 is 0. The maximum Gasteiger partial charge on any atom is 0.242 e. The van der Waals surface area contributed by atoms with E-state index in [1.807, 2.05) is 61.5 Å². The first-order valence-electron chi connectivity index (χ1n) is 10.9. The van der Waals surface area contributed by atoms with Crippen molar-refractivity contribution in [3.63, 3.8) is 0 Å². The van der Waals surface area contributed by atoms with E-state index < -0.39 is 6.04 Å². The van der Waals surface area contributed by atoms with Crippen molar-refractivity contribution in [1.29, 1.82) is 0 Å². The Morgan fingerprint density at radius 3 is 2.35 bits per heavy atom. The van der Waals surface area contributed by atoms with Crippen LogP contribution in [0.3, 0.4) is 0 Å². The molecule has 6 nitrogen and oxygen atoms in total. The van der Waals surface area contributed by atoms with Crippen molar-refractivity contribution in [2.75, 3.05) is 26.8 Å². The molecule has 0 aliphatic carbocycles. The lowest BCUT2D eigenvalue weighted by Gasteiger charge is -2.29. The molecule has 0 heterocycles. The number of carbonyl (C=O) groups excluding carboxylic acids is 2. The molecule has 2 rings (SSSR count). The van der Waals surface area contributed by atoms with Crippen molar-refractivity contribution >= 4 is 11.8 Å². The average Bonchev–Trinajstić information content (AvgIpc) is 2.81. The van der Waals surface area contributed by atoms with E-state index in [0.29, 0.717) is 39.0 Å². The highest BCUT2D eigenvalue weighted by atomic mass is 16.5. The van der Waals surface area contributed by atoms with Crippen LogP contribution in [0, 0.1) is 0 Å². The van der Waals surface area contributed by atoms with Gasteiger partial charge in [-0.2, -0.15) is 0 Å². The molecule has 2 amide bonds. The van der Waals surface area contributed by atoms with E-state index in [4.69, 9.17) is 9.47 Å². The minimum Gasteiger partial charge on any atom is -0.497 e. The number of ether oxygens (including phenoxy) is 2. The maximum atomic E-state index is 13.0. The Labute approximate surface area is 185 Å². The molecule has 1 atom stereocenters. The van der Waals surface area contributed by atoms with Crippen LogP contribution < -0.4 is 14.8 Å². The number of methoxy groups -OCH3 is 1. The summed E-state index contributed by atoms with van der Waals surface area (Å²) in [5.41, 5.74) is 1.14. The summed E-state index contributed by atoms with van der Waals surface area (Å²) in [4.78, 5) is 27.1. The van der Waals surface area contributed by atoms with E-state index in [-0.39, 0.29) is 11.8 Å². The predicted molar refractivity (Wildman–Crippen MR) is 122 cm³/mol. The van der Waals surface area contributed by atoms with Gasteiger partial charge in [0.1, 0.15) is 17.5 Å². The molecule has 6 heteroatoms. The van der Waals surface area contributed by atoms with Gasteiger partial charge < -0.3 is 19.7 Å². The summed E-state index contributed by atoms with van der Waals surface area (Å²) in [7, 11) is 1.62. The molecule has 0 unspecified atom stereocenters. The molecule has 0 aliphatic rings. The van der Waals surface area contributed by atoms with Crippen LogP contribution in [0.2, 0.25) is 0 Å². The van der Waals surface area contributed by atoms with Gasteiger partial charge >= 0.3 is 0 Å². The van der Waals surface area contributed by atoms with Crippen molar-refractivity contribution in [2.24, 2.45) is 0 Å². The fourth-order valence-corrected chi connectivity index (χ4v) is 3.19. The number of benzene rings is 2. The number of rotatable bonds is 13. The first-order valence-corrected chi connectivity index (χ1v) is 10.9. The Hall–Kier alpha value is -3.02. The predicted octanol–water partition coefficient (Wildman–Crippen LogP) is 3.84. The smallest absolute Gasteiger partial charge is 0.242 e. The molecule has 31 heavy (non-hydrogen) atoms. The molecule has 0 aliphatic heterocycles. The van der Waals surface area contributed by atoms with Crippen LogP contribution in [-0.4, -0.2) is 49.6 Å². The van der Waals surface area contributed by atoms with E-state index in [1.54, 1.807) is 18.9 Å². The Morgan fingerprint density at radius 1 is 1.03 bits per heavy atom. The lowest BCUT2D eigenvalue weighted by Crippen LogP contribution is -2.49. The molecule has 0 spiro atoms. The third-order valence-corrected chi connectivity index (χ3v) is 5.06. The van der Waals surface area contributed by atoms with Crippen LogP contribution in [0.5, 0.6) is 11.5 Å². The van der Waals surface area contributed by atoms with Crippen LogP contribution in [0.1, 0.15) is 38.7 Å². The van der Waals surface area contributed by atoms with Gasteiger partial charge in [-0.25, -0.2) is 0 Å². The zero-order valence-corrected chi connectivity index (χ0v) is 18.8. The lowest BCUT2D eigenvalue weighted by atomic mass is 10.1. The Bertz CT molecular complexity index is 793. The van der Waals surface area contributed by atoms with Crippen molar-refractivity contribution in [1.82, 2.24) is 10.2 Å². The maximum absolute atomic E-state index is 13.0. The van der Waals surface area contributed by atoms with Gasteiger partial charge in [0.2, 0.25) is 11.8 Å². The normalized spacial score (nSPS) is 11.5. The molecule has 0 bridgehead atoms. The molecule has 0 fully saturated rings. The van der Waals surface area contributed by atoms with E-state index in [9.17, 15) is 9.59 Å². The molecular weight excluding hydrogens is 392 g/mol. The van der Waals surface area contributed by atoms with Crippen LogP contribution in [-0.2, 0) is 16.0 Å². The molecule has 0 saturated carbocycles. The monoisotopic (exact) mass is 426 g/mol. The minimum absolute atomic E-state index is 0.0339. The standard InChI is InChI=1S/C25H34N2O4/c1-4-17-26-25(29)20(2)27(18-16-21-9-6-5-7-10-21)24(28)11-8-19-31-23-14-12-22(30-3)13-15-23/h5-7,9-10,12-15,20H,4,8,11,16-19H2,1-3H3,(H,26,29)/t20-/m0/s1. The Morgan fingerprint density at radius 2 is 1.71 bits per heavy atom. The summed E-state index contributed by atoms with van der Waals surface area (Å²) in [6.07, 6.45) is 2.48. The first-order chi connectivity index (χ1) is 15.0. The van der Waals surface area contributed by atoms with E-state index in [1.165, 1.54) is 0 Å². The third-order valence-electron chi connectivity index (χ3n) is 5.06. The second kappa shape index (κ2) is 13.3. The minimum atomic E-state index is -0.509. The summed E-state index contributed by atoms with van der Waals surface area (Å²) in [6, 6.07) is 16.8. The third kappa shape index (κ3) is 8.32. The molecular formula is C25H34N2O4. The molecule has 2 aromatic carbocycles. The number of amides is 2. The van der Waals surface area contributed by atoms with Crippen LogP contribution in [0.4, 0.5) is 0 Å². The van der Waals surface area contributed by atoms with Gasteiger partial charge in [0.15, 0.2) is 0 Å². The SMILES string of the molecule is CCCNC(=O)[C@H](C)N(CCc1ccccc1)C(=O)CCCOc1ccc(OC)cc1. The summed E-state index contributed by atoms with van der Waals surface area (Å²) in [5, 5.41) is 2.90. The lowest BCUT2D eigenvalue weighted by molar-refractivity contribution is -0.140. The number of nitrogens with one attached hydrogen (secondary N) is 1. The quantitative estimate of drug-likeness (QED) is 0.494. The van der Waals surface area contributed by atoms with Crippen molar-refractivity contribution in [3.05, 3.63) is 60.2 Å². The van der Waals surface area contributed by atoms with Crippen LogP contribution in [0.25, 0.3) is 0 Å². The molecule has 2 aromatic rings. The van der Waals surface area contributed by atoms with Gasteiger partial charge in [-0.05, 0) is 56.0 Å². The van der Waals surface area contributed by atoms with E-state index >= 15 is 0 Å². The zero-order chi connectivity index (χ0) is 22.5. The van der Waals surface area contributed by atoms with Gasteiger partial charge in [0, 0.05) is 19.5 Å². The van der Waals surface area contributed by atoms with E-state index in [2.05, 4.69) is 5.32 Å². The Balaban J connectivity index is 1.89. The average molecular weight is 427 g/mol. The largest absolute Gasteiger partial charge is 0.497 e. The second-order valence-electron chi connectivity index (χ2n) is 7.42. The number of carbonyl (C=O) groups is 2. The highest BCUT2D eigenvalue weighted by molar-refractivity contribution is 5.87. The van der Waals surface area contributed by atoms with Crippen molar-refractivity contribution in [2.45, 2.75) is 45.6 Å². The van der Waals surface area contributed by atoms with Crippen LogP contribution >= 0.6 is 0 Å². The highest BCUT2D eigenvalue weighted by Gasteiger charge is 2.25. The number of nitrogens with zero attached hydrogens (tertiary/aromatic N) is 1. The first kappa shape index (κ1) is 24.3. The Kier molecular flexibility index (Phi) is 10.4. The molecule has 168 valence electrons. The second-order valence-corrected chi connectivity index (χ2v) is 7.42. The topological polar surface area (TPSA) is 67.9 Å². The molecule has 0 saturated heterocycles. The summed E-state index contributed by atoms with van der Waals surface area (Å²) in [5.74, 6) is 1.36. The van der Waals surface area contributed by atoms with Crippen molar-refractivity contribution < 1.29 is 19.1 Å². The zero-order valence-electron chi connectivity index (χ0n) is 18.8. The molecule has 1 N–H and O–H groups in total. The fraction of sp³-hybridized carbons (Fsp3) is 0.440. The van der Waals surface area contributed by atoms with Gasteiger partial charge in [-0.3, -0.25) is 9.59 Å². The molecule has 0 radical (unpaired) electrons. The summed E-state index contributed by atoms with van der Waals surface area (Å²) < 4.78 is 10.9. The number of hydrogen-bond acceptors (Lipinski definition) is 4. The van der Waals surface area contributed by atoms with E-state index in [0.717, 1.165) is 23.5 Å². The van der Waals surface area contributed by atoms with Gasteiger partial charge in [-0.1, -0.05) is 37.3 Å². The van der Waals surface area contributed by atoms with Crippen LogP contribution in [0.15, 0.2) is 54.6 Å². The molecule has 0 aromatic heterocycles. The number of hydrogen-bond donors (Lipinski definition) is 1. The van der Waals surface area contributed by atoms with Gasteiger partial charge in [-0.15, -0.1) is 0 Å². The fourth-order valence-electron chi connectivity index (χ4n) is 3.19. The van der Waals surface area contributed by atoms with Gasteiger partial charge in [0.05, 0.1) is 13.7 Å². The highest BCUT2D eigenvalue weighted by Crippen LogP contribution is 2.17. The summed E-state index contributed by atoms with van der Waals surface area (Å²) in [6.45, 7) is 5.34.